The molecular weight excluding hydrogens is 318 g/mol. The van der Waals surface area contributed by atoms with E-state index in [1.807, 2.05) is 0 Å². The normalized spacial score (nSPS) is 3.86. The Bertz CT molecular complexity index is 19.7. The summed E-state index contributed by atoms with van der Waals surface area (Å²) in [6, 6.07) is 0. The Morgan fingerprint density at radius 2 is 1.00 bits per heavy atom. The van der Waals surface area contributed by atoms with Crippen LogP contribution in [0, 0.1) is 37.7 Å². The van der Waals surface area contributed by atoms with E-state index in [-0.39, 0.29) is 102 Å². The van der Waals surface area contributed by atoms with Gasteiger partial charge in [-0.15, -0.1) is 0 Å². The van der Waals surface area contributed by atoms with Crippen LogP contribution in [0.5, 0.6) is 0 Å². The molecule has 7 heavy (non-hydrogen) atoms. The number of hydrogen-bond acceptors (Lipinski definition) is 3. The van der Waals surface area contributed by atoms with Gasteiger partial charge in [-0.25, -0.2) is 0 Å². The third kappa shape index (κ3) is 45.7. The molecule has 41 valence electrons. The first-order valence-corrected chi connectivity index (χ1v) is 0.775. The van der Waals surface area contributed by atoms with Crippen LogP contribution in [-0.4, -0.2) is 86.7 Å². The second kappa shape index (κ2) is 16.1. The van der Waals surface area contributed by atoms with Gasteiger partial charge in [-0.3, -0.25) is 0 Å². The van der Waals surface area contributed by atoms with E-state index in [1.165, 1.54) is 0 Å². The van der Waals surface area contributed by atoms with Gasteiger partial charge in [0.2, 0.25) is 0 Å². The van der Waals surface area contributed by atoms with Gasteiger partial charge in [-0.1, -0.05) is 0 Å². The zero-order valence-electron chi connectivity index (χ0n) is 2.22. The first kappa shape index (κ1) is 22.4. The molecular formula is H6BHoLiO3Sr. The maximum absolute atomic E-state index is 7.17. The zero-order valence-corrected chi connectivity index (χ0v) is 4.16. The van der Waals surface area contributed by atoms with Crippen LogP contribution in [0.25, 0.3) is 0 Å². The van der Waals surface area contributed by atoms with Crippen LogP contribution in [0.1, 0.15) is 0 Å². The summed E-state index contributed by atoms with van der Waals surface area (Å²) in [6.45, 7) is 0. The summed E-state index contributed by atoms with van der Waals surface area (Å²) in [5.41, 5.74) is 0. The van der Waals surface area contributed by atoms with Crippen molar-refractivity contribution in [1.82, 2.24) is 0 Å². The summed E-state index contributed by atoms with van der Waals surface area (Å²) >= 11 is 0. The molecule has 3 N–H and O–H groups in total. The van der Waals surface area contributed by atoms with Gasteiger partial charge in [0.15, 0.2) is 0 Å². The average Bonchev–Trinajstić information content (AvgIpc) is 0.811. The molecule has 0 aliphatic heterocycles. The zero-order chi connectivity index (χ0) is 3.58. The van der Waals surface area contributed by atoms with Crippen molar-refractivity contribution in [2.24, 2.45) is 0 Å². The van der Waals surface area contributed by atoms with Crippen LogP contribution in [0.3, 0.4) is 0 Å². The van der Waals surface area contributed by atoms with Crippen molar-refractivity contribution in [2.75, 3.05) is 0 Å². The minimum atomic E-state index is -2.17. The molecule has 0 amide bonds. The van der Waals surface area contributed by atoms with Crippen LogP contribution in [0.2, 0.25) is 0 Å². The van der Waals surface area contributed by atoms with Crippen molar-refractivity contribution in [3.05, 3.63) is 0 Å². The van der Waals surface area contributed by atoms with Crippen molar-refractivity contribution >= 4 is 71.7 Å². The van der Waals surface area contributed by atoms with Gasteiger partial charge in [0, 0.05) is 37.7 Å². The van der Waals surface area contributed by atoms with Gasteiger partial charge in [-0.05, 0) is 0 Å². The fourth-order valence-electron chi connectivity index (χ4n) is 0. The molecule has 0 aromatic heterocycles. The van der Waals surface area contributed by atoms with E-state index < -0.39 is 7.32 Å². The maximum atomic E-state index is 7.17. The Kier molecular flexibility index (Phi) is 51.7. The molecule has 0 aromatic rings. The summed E-state index contributed by atoms with van der Waals surface area (Å²) in [5, 5.41) is 21.5. The van der Waals surface area contributed by atoms with Gasteiger partial charge in [-0.2, -0.15) is 0 Å². The molecule has 0 rings (SSSR count). The SMILES string of the molecule is OB(O)O.[Ho].[LiH].[SrH2]. The van der Waals surface area contributed by atoms with Crippen LogP contribution >= 0.6 is 0 Å². The second-order valence-electron chi connectivity index (χ2n) is 0.346. The van der Waals surface area contributed by atoms with Crippen molar-refractivity contribution < 1.29 is 52.8 Å². The molecule has 0 heterocycles. The topological polar surface area (TPSA) is 60.7 Å². The predicted molar refractivity (Wildman–Crippen MR) is 28.1 cm³/mol. The molecule has 0 aliphatic carbocycles. The molecule has 0 saturated heterocycles. The van der Waals surface area contributed by atoms with E-state index in [0.717, 1.165) is 0 Å². The molecule has 0 atom stereocenters. The van der Waals surface area contributed by atoms with Gasteiger partial charge >= 0.3 is 71.7 Å². The molecule has 0 aromatic carbocycles. The number of rotatable bonds is 0. The van der Waals surface area contributed by atoms with E-state index in [9.17, 15) is 0 Å². The summed E-state index contributed by atoms with van der Waals surface area (Å²) in [4.78, 5) is 0. The Morgan fingerprint density at radius 3 is 1.00 bits per heavy atom. The van der Waals surface area contributed by atoms with E-state index in [4.69, 9.17) is 15.1 Å². The fourth-order valence-corrected chi connectivity index (χ4v) is 0. The Morgan fingerprint density at radius 1 is 1.00 bits per heavy atom. The molecule has 0 aliphatic rings. The third-order valence-electron chi connectivity index (χ3n) is 0. The summed E-state index contributed by atoms with van der Waals surface area (Å²) in [6.07, 6.45) is 0. The Hall–Kier alpha value is 3.28. The Balaban J connectivity index is -0.0000000150. The molecule has 0 bridgehead atoms. The summed E-state index contributed by atoms with van der Waals surface area (Å²) < 4.78 is 0. The van der Waals surface area contributed by atoms with E-state index >= 15 is 0 Å². The standard InChI is InChI=1S/BH3O3.Ho.Li.Sr.3H/c2-1(3)4;;;;;;/h2-4H;;;;;;. The molecule has 7 heteroatoms. The molecule has 3 nitrogen and oxygen atoms in total. The van der Waals surface area contributed by atoms with Gasteiger partial charge in [0.05, 0.1) is 0 Å². The first-order chi connectivity index (χ1) is 1.73. The van der Waals surface area contributed by atoms with Crippen LogP contribution in [0.15, 0.2) is 0 Å². The van der Waals surface area contributed by atoms with E-state index in [2.05, 4.69) is 0 Å². The minimum absolute atomic E-state index is 0. The van der Waals surface area contributed by atoms with Crippen molar-refractivity contribution in [3.63, 3.8) is 0 Å². The quantitative estimate of drug-likeness (QED) is 0.403. The molecule has 0 saturated carbocycles. The first-order valence-electron chi connectivity index (χ1n) is 0.775. The third-order valence-corrected chi connectivity index (χ3v) is 0. The second-order valence-corrected chi connectivity index (χ2v) is 0.346. The van der Waals surface area contributed by atoms with Gasteiger partial charge in [0.1, 0.15) is 0 Å². The molecule has 0 fully saturated rings. The summed E-state index contributed by atoms with van der Waals surface area (Å²) in [5.74, 6) is 0. The average molecular weight is 324 g/mol. The van der Waals surface area contributed by atoms with Crippen LogP contribution < -0.4 is 0 Å². The van der Waals surface area contributed by atoms with Gasteiger partial charge in [0.25, 0.3) is 0 Å². The van der Waals surface area contributed by atoms with Crippen LogP contribution in [-0.2, 0) is 0 Å². The predicted octanol–water partition coefficient (Wildman–Crippen LogP) is -3.62. The van der Waals surface area contributed by atoms with E-state index in [0.29, 0.717) is 0 Å². The summed E-state index contributed by atoms with van der Waals surface area (Å²) in [7, 11) is -2.17. The fraction of sp³-hybridized carbons (Fsp3) is 0. The van der Waals surface area contributed by atoms with Crippen molar-refractivity contribution in [1.29, 1.82) is 0 Å². The molecule has 0 unspecified atom stereocenters. The van der Waals surface area contributed by atoms with Gasteiger partial charge < -0.3 is 15.1 Å². The Labute approximate surface area is 121 Å². The molecule has 0 spiro atoms. The van der Waals surface area contributed by atoms with Crippen molar-refractivity contribution in [3.8, 4) is 0 Å². The van der Waals surface area contributed by atoms with E-state index in [1.54, 1.807) is 0 Å². The molecule has 1 radical (unpaired) electrons. The van der Waals surface area contributed by atoms with Crippen LogP contribution in [0.4, 0.5) is 0 Å². The number of hydrogen-bond donors (Lipinski definition) is 3. The van der Waals surface area contributed by atoms with Crippen molar-refractivity contribution in [2.45, 2.75) is 0 Å². The monoisotopic (exact) mass is 325 g/mol.